The minimum atomic E-state index is -0.494. The third kappa shape index (κ3) is 1.15. The number of oxime groups is 1. The average molecular weight is 231 g/mol. The van der Waals surface area contributed by atoms with Crippen LogP contribution < -0.4 is 5.32 Å². The quantitative estimate of drug-likeness (QED) is 0.530. The smallest absolute Gasteiger partial charge is 0.278 e. The van der Waals surface area contributed by atoms with Gasteiger partial charge in [0.15, 0.2) is 5.71 Å². The first-order chi connectivity index (χ1) is 6.65. The van der Waals surface area contributed by atoms with Crippen LogP contribution in [0.5, 0.6) is 0 Å². The number of carbonyl (C=O) groups excluding carboxylic acids is 1. The van der Waals surface area contributed by atoms with Gasteiger partial charge >= 0.3 is 0 Å². The predicted octanol–water partition coefficient (Wildman–Crippen LogP) is 2.12. The lowest BCUT2D eigenvalue weighted by Gasteiger charge is -2.01. The summed E-state index contributed by atoms with van der Waals surface area (Å²) in [6.07, 6.45) is 0. The second-order valence-corrected chi connectivity index (χ2v) is 3.47. The second-order valence-electron chi connectivity index (χ2n) is 2.69. The second kappa shape index (κ2) is 3.15. The lowest BCUT2D eigenvalue weighted by Crippen LogP contribution is -2.14. The average Bonchev–Trinajstić information content (AvgIpc) is 2.48. The topological polar surface area (TPSA) is 61.7 Å². The molecule has 0 fully saturated rings. The highest BCUT2D eigenvalue weighted by Gasteiger charge is 2.29. The summed E-state index contributed by atoms with van der Waals surface area (Å²) in [5, 5.41) is 14.5. The van der Waals surface area contributed by atoms with Crippen molar-refractivity contribution in [2.45, 2.75) is 0 Å². The minimum Gasteiger partial charge on any atom is -0.410 e. The first-order valence-electron chi connectivity index (χ1n) is 3.67. The van der Waals surface area contributed by atoms with Crippen LogP contribution in [0.2, 0.25) is 10.0 Å². The van der Waals surface area contributed by atoms with Gasteiger partial charge in [0, 0.05) is 0 Å². The molecule has 14 heavy (non-hydrogen) atoms. The van der Waals surface area contributed by atoms with E-state index in [0.29, 0.717) is 16.3 Å². The molecular formula is C8H4Cl2N2O2. The number of halogens is 2. The van der Waals surface area contributed by atoms with Crippen LogP contribution >= 0.6 is 23.2 Å². The van der Waals surface area contributed by atoms with E-state index in [1.54, 1.807) is 12.1 Å². The van der Waals surface area contributed by atoms with E-state index in [9.17, 15) is 4.79 Å². The molecule has 1 heterocycles. The highest BCUT2D eigenvalue weighted by Crippen LogP contribution is 2.35. The lowest BCUT2D eigenvalue weighted by molar-refractivity contribution is -0.110. The van der Waals surface area contributed by atoms with Crippen molar-refractivity contribution >= 4 is 40.5 Å². The third-order valence-corrected chi connectivity index (χ3v) is 2.70. The summed E-state index contributed by atoms with van der Waals surface area (Å²) in [7, 11) is 0. The number of carbonyl (C=O) groups is 1. The fraction of sp³-hybridized carbons (Fsp3) is 0. The molecule has 0 radical (unpaired) electrons. The van der Waals surface area contributed by atoms with Crippen LogP contribution in [0.1, 0.15) is 5.56 Å². The maximum Gasteiger partial charge on any atom is 0.278 e. The van der Waals surface area contributed by atoms with Gasteiger partial charge in [-0.3, -0.25) is 4.79 Å². The Morgan fingerprint density at radius 3 is 2.71 bits per heavy atom. The molecule has 1 aromatic carbocycles. The Morgan fingerprint density at radius 1 is 1.36 bits per heavy atom. The first-order valence-corrected chi connectivity index (χ1v) is 4.42. The van der Waals surface area contributed by atoms with Gasteiger partial charge in [-0.05, 0) is 12.1 Å². The Hall–Kier alpha value is -1.26. The number of rotatable bonds is 0. The molecule has 0 saturated carbocycles. The fourth-order valence-corrected chi connectivity index (χ4v) is 1.69. The number of hydrogen-bond donors (Lipinski definition) is 2. The van der Waals surface area contributed by atoms with Gasteiger partial charge < -0.3 is 10.5 Å². The molecule has 0 saturated heterocycles. The van der Waals surface area contributed by atoms with Gasteiger partial charge in [-0.25, -0.2) is 0 Å². The maximum atomic E-state index is 11.2. The van der Waals surface area contributed by atoms with Crippen molar-refractivity contribution in [3.8, 4) is 0 Å². The third-order valence-electron chi connectivity index (χ3n) is 1.89. The number of anilines is 1. The van der Waals surface area contributed by atoms with E-state index in [4.69, 9.17) is 28.4 Å². The Morgan fingerprint density at radius 2 is 2.07 bits per heavy atom. The summed E-state index contributed by atoms with van der Waals surface area (Å²) in [6, 6.07) is 3.16. The summed E-state index contributed by atoms with van der Waals surface area (Å²) in [5.74, 6) is -0.494. The number of nitrogens with zero attached hydrogens (tertiary/aromatic N) is 1. The maximum absolute atomic E-state index is 11.2. The molecule has 0 aromatic heterocycles. The number of amides is 1. The molecule has 2 N–H and O–H groups in total. The molecule has 0 unspecified atom stereocenters. The largest absolute Gasteiger partial charge is 0.410 e. The molecule has 1 amide bonds. The van der Waals surface area contributed by atoms with Crippen LogP contribution in [0.15, 0.2) is 17.3 Å². The molecule has 0 bridgehead atoms. The van der Waals surface area contributed by atoms with Crippen LogP contribution in [0, 0.1) is 0 Å². The Kier molecular flexibility index (Phi) is 2.09. The highest BCUT2D eigenvalue weighted by atomic mass is 35.5. The summed E-state index contributed by atoms with van der Waals surface area (Å²) >= 11 is 11.6. The normalized spacial score (nSPS) is 17.0. The van der Waals surface area contributed by atoms with Gasteiger partial charge in [0.1, 0.15) is 0 Å². The molecule has 4 nitrogen and oxygen atoms in total. The van der Waals surface area contributed by atoms with E-state index >= 15 is 0 Å². The van der Waals surface area contributed by atoms with Gasteiger partial charge in [0.25, 0.3) is 5.91 Å². The van der Waals surface area contributed by atoms with E-state index in [1.165, 1.54) is 0 Å². The van der Waals surface area contributed by atoms with Gasteiger partial charge in [-0.15, -0.1) is 0 Å². The molecule has 2 rings (SSSR count). The fourth-order valence-electron chi connectivity index (χ4n) is 1.28. The number of nitrogens with one attached hydrogen (secondary N) is 1. The molecule has 0 aliphatic carbocycles. The summed E-state index contributed by atoms with van der Waals surface area (Å²) < 4.78 is 0. The molecule has 72 valence electrons. The van der Waals surface area contributed by atoms with Crippen molar-refractivity contribution in [2.24, 2.45) is 5.16 Å². The molecular weight excluding hydrogens is 227 g/mol. The molecule has 0 atom stereocenters. The van der Waals surface area contributed by atoms with Crippen LogP contribution in [0.4, 0.5) is 5.69 Å². The summed E-state index contributed by atoms with van der Waals surface area (Å²) in [6.45, 7) is 0. The predicted molar refractivity (Wildman–Crippen MR) is 53.4 cm³/mol. The zero-order valence-electron chi connectivity index (χ0n) is 6.71. The van der Waals surface area contributed by atoms with Crippen molar-refractivity contribution in [3.63, 3.8) is 0 Å². The SMILES string of the molecule is O=C1Nc2ccc(Cl)c(Cl)c2C1=NO. The first kappa shape index (κ1) is 9.30. The summed E-state index contributed by atoms with van der Waals surface area (Å²) in [4.78, 5) is 11.2. The van der Waals surface area contributed by atoms with Crippen LogP contribution in [0.25, 0.3) is 0 Å². The molecule has 0 spiro atoms. The van der Waals surface area contributed by atoms with Crippen molar-refractivity contribution < 1.29 is 10.0 Å². The lowest BCUT2D eigenvalue weighted by atomic mass is 10.1. The Labute approximate surface area is 89.1 Å². The van der Waals surface area contributed by atoms with Crippen molar-refractivity contribution in [1.82, 2.24) is 0 Å². The van der Waals surface area contributed by atoms with Crippen LogP contribution in [0.3, 0.4) is 0 Å². The monoisotopic (exact) mass is 230 g/mol. The number of benzene rings is 1. The van der Waals surface area contributed by atoms with E-state index in [-0.39, 0.29) is 10.7 Å². The van der Waals surface area contributed by atoms with Crippen LogP contribution in [-0.4, -0.2) is 16.8 Å². The minimum absolute atomic E-state index is 0.118. The zero-order valence-corrected chi connectivity index (χ0v) is 8.23. The molecule has 1 aliphatic heterocycles. The van der Waals surface area contributed by atoms with Gasteiger partial charge in [0.2, 0.25) is 0 Å². The molecule has 6 heteroatoms. The molecule has 1 aromatic rings. The van der Waals surface area contributed by atoms with Crippen molar-refractivity contribution in [1.29, 1.82) is 0 Å². The summed E-state index contributed by atoms with van der Waals surface area (Å²) in [5.41, 5.74) is 0.719. The van der Waals surface area contributed by atoms with Crippen molar-refractivity contribution in [2.75, 3.05) is 5.32 Å². The van der Waals surface area contributed by atoms with Crippen molar-refractivity contribution in [3.05, 3.63) is 27.7 Å². The molecule has 1 aliphatic rings. The Balaban J connectivity index is 2.73. The number of fused-ring (bicyclic) bond motifs is 1. The number of hydrogen-bond acceptors (Lipinski definition) is 3. The van der Waals surface area contributed by atoms with Gasteiger partial charge in [-0.2, -0.15) is 0 Å². The van der Waals surface area contributed by atoms with E-state index in [0.717, 1.165) is 0 Å². The van der Waals surface area contributed by atoms with E-state index in [1.807, 2.05) is 0 Å². The van der Waals surface area contributed by atoms with E-state index in [2.05, 4.69) is 10.5 Å². The van der Waals surface area contributed by atoms with Crippen LogP contribution in [-0.2, 0) is 4.79 Å². The highest BCUT2D eigenvalue weighted by molar-refractivity contribution is 6.57. The van der Waals surface area contributed by atoms with Gasteiger partial charge in [-0.1, -0.05) is 28.4 Å². The standard InChI is InChI=1S/C8H4Cl2N2O2/c9-3-1-2-4-5(6(3)10)7(12-14)8(13)11-4/h1-2,14H,(H,11,12,13). The van der Waals surface area contributed by atoms with E-state index < -0.39 is 5.91 Å². The van der Waals surface area contributed by atoms with Gasteiger partial charge in [0.05, 0.1) is 21.3 Å². The Bertz CT molecular complexity index is 457. The zero-order chi connectivity index (χ0) is 10.3.